The van der Waals surface area contributed by atoms with Crippen LogP contribution in [-0.2, 0) is 6.54 Å². The van der Waals surface area contributed by atoms with E-state index in [0.29, 0.717) is 17.5 Å². The smallest absolute Gasteiger partial charge is 0.209 e. The summed E-state index contributed by atoms with van der Waals surface area (Å²) in [7, 11) is 0. The molecule has 0 fully saturated rings. The summed E-state index contributed by atoms with van der Waals surface area (Å²) in [5, 5.41) is 22.1. The van der Waals surface area contributed by atoms with Gasteiger partial charge in [0.1, 0.15) is 0 Å². The Balaban J connectivity index is 1.96. The van der Waals surface area contributed by atoms with Gasteiger partial charge in [-0.25, -0.2) is 4.68 Å². The minimum absolute atomic E-state index is 0.499. The van der Waals surface area contributed by atoms with Crippen LogP contribution in [0.15, 0.2) is 46.5 Å². The average Bonchev–Trinajstić information content (AvgIpc) is 2.85. The zero-order chi connectivity index (χ0) is 13.7. The largest absolute Gasteiger partial charge is 0.388 e. The van der Waals surface area contributed by atoms with Crippen LogP contribution in [0.3, 0.4) is 0 Å². The van der Waals surface area contributed by atoms with Crippen LogP contribution in [-0.4, -0.2) is 31.1 Å². The second kappa shape index (κ2) is 6.83. The molecular formula is C12H13BrN4OS. The van der Waals surface area contributed by atoms with Crippen LogP contribution in [0.2, 0.25) is 0 Å². The Kier molecular flexibility index (Phi) is 5.12. The van der Waals surface area contributed by atoms with Crippen LogP contribution in [0, 0.1) is 0 Å². The number of thioether (sulfide) groups is 1. The third-order valence-corrected chi connectivity index (χ3v) is 3.99. The molecule has 0 bridgehead atoms. The normalized spacial score (nSPS) is 12.3. The van der Waals surface area contributed by atoms with Crippen molar-refractivity contribution in [2.75, 3.05) is 5.75 Å². The van der Waals surface area contributed by atoms with Crippen molar-refractivity contribution in [1.29, 1.82) is 0 Å². The minimum atomic E-state index is -0.549. The maximum Gasteiger partial charge on any atom is 0.209 e. The van der Waals surface area contributed by atoms with Gasteiger partial charge in [-0.05, 0) is 28.1 Å². The van der Waals surface area contributed by atoms with Gasteiger partial charge in [0.25, 0.3) is 0 Å². The summed E-state index contributed by atoms with van der Waals surface area (Å²) in [5.74, 6) is 0.499. The molecule has 0 aliphatic carbocycles. The fourth-order valence-corrected chi connectivity index (χ4v) is 2.59. The lowest BCUT2D eigenvalue weighted by molar-refractivity contribution is 0.204. The second-order valence-corrected chi connectivity index (χ2v) is 5.71. The molecule has 2 aromatic rings. The van der Waals surface area contributed by atoms with E-state index >= 15 is 0 Å². The lowest BCUT2D eigenvalue weighted by Gasteiger charge is -2.10. The highest BCUT2D eigenvalue weighted by Gasteiger charge is 2.11. The summed E-state index contributed by atoms with van der Waals surface area (Å²) in [6.07, 6.45) is 1.18. The number of tetrazole rings is 1. The first-order chi connectivity index (χ1) is 9.20. The van der Waals surface area contributed by atoms with Crippen molar-refractivity contribution in [2.45, 2.75) is 17.8 Å². The van der Waals surface area contributed by atoms with E-state index < -0.39 is 6.10 Å². The summed E-state index contributed by atoms with van der Waals surface area (Å²) in [6, 6.07) is 7.60. The number of aliphatic hydroxyl groups is 1. The van der Waals surface area contributed by atoms with Crippen molar-refractivity contribution in [2.24, 2.45) is 0 Å². The molecule has 1 aromatic heterocycles. The first kappa shape index (κ1) is 14.2. The number of hydrogen-bond donors (Lipinski definition) is 1. The number of halogens is 1. The van der Waals surface area contributed by atoms with E-state index in [4.69, 9.17) is 0 Å². The molecule has 1 aromatic carbocycles. The molecule has 0 amide bonds. The molecule has 100 valence electrons. The molecule has 0 spiro atoms. The molecule has 0 aliphatic rings. The highest BCUT2D eigenvalue weighted by atomic mass is 79.9. The maximum atomic E-state index is 10.1. The Morgan fingerprint density at radius 1 is 1.42 bits per heavy atom. The molecule has 19 heavy (non-hydrogen) atoms. The third-order valence-electron chi connectivity index (χ3n) is 2.43. The van der Waals surface area contributed by atoms with E-state index in [1.54, 1.807) is 10.8 Å². The summed E-state index contributed by atoms with van der Waals surface area (Å²) >= 11 is 4.78. The summed E-state index contributed by atoms with van der Waals surface area (Å²) in [4.78, 5) is 0. The second-order valence-electron chi connectivity index (χ2n) is 3.81. The van der Waals surface area contributed by atoms with Gasteiger partial charge in [0, 0.05) is 10.2 Å². The van der Waals surface area contributed by atoms with Crippen molar-refractivity contribution < 1.29 is 5.11 Å². The van der Waals surface area contributed by atoms with Crippen LogP contribution in [0.5, 0.6) is 0 Å². The molecule has 0 saturated carbocycles. The zero-order valence-corrected chi connectivity index (χ0v) is 12.5. The standard InChI is InChI=1S/C12H13BrN4OS/c1-2-7-17-12(14-15-16-17)19-8-11(18)9-3-5-10(13)6-4-9/h2-6,11,18H,1,7-8H2. The number of allylic oxidation sites excluding steroid dienone is 1. The number of benzene rings is 1. The molecule has 7 heteroatoms. The van der Waals surface area contributed by atoms with Crippen molar-refractivity contribution >= 4 is 27.7 Å². The molecule has 5 nitrogen and oxygen atoms in total. The fourth-order valence-electron chi connectivity index (χ4n) is 1.47. The molecule has 0 saturated heterocycles. The Morgan fingerprint density at radius 2 is 2.16 bits per heavy atom. The Labute approximate surface area is 123 Å². The Hall–Kier alpha value is -1.18. The average molecular weight is 341 g/mol. The molecule has 0 radical (unpaired) electrons. The van der Waals surface area contributed by atoms with Gasteiger partial charge in [-0.1, -0.05) is 45.9 Å². The van der Waals surface area contributed by atoms with Crippen LogP contribution in [0.25, 0.3) is 0 Å². The summed E-state index contributed by atoms with van der Waals surface area (Å²) in [5.41, 5.74) is 0.874. The molecule has 1 N–H and O–H groups in total. The van der Waals surface area contributed by atoms with Crippen molar-refractivity contribution in [3.63, 3.8) is 0 Å². The van der Waals surface area contributed by atoms with E-state index in [2.05, 4.69) is 38.0 Å². The van der Waals surface area contributed by atoms with E-state index in [0.717, 1.165) is 10.0 Å². The minimum Gasteiger partial charge on any atom is -0.388 e. The summed E-state index contributed by atoms with van der Waals surface area (Å²) < 4.78 is 2.64. The van der Waals surface area contributed by atoms with Crippen LogP contribution < -0.4 is 0 Å². The van der Waals surface area contributed by atoms with Crippen molar-refractivity contribution in [1.82, 2.24) is 20.2 Å². The van der Waals surface area contributed by atoms with Gasteiger partial charge in [0.15, 0.2) is 0 Å². The zero-order valence-electron chi connectivity index (χ0n) is 10.1. The number of aliphatic hydroxyl groups excluding tert-OH is 1. The van der Waals surface area contributed by atoms with Gasteiger partial charge < -0.3 is 5.11 Å². The first-order valence-electron chi connectivity index (χ1n) is 5.64. The van der Waals surface area contributed by atoms with Gasteiger partial charge in [-0.15, -0.1) is 11.7 Å². The molecule has 2 rings (SSSR count). The maximum absolute atomic E-state index is 10.1. The van der Waals surface area contributed by atoms with Gasteiger partial charge >= 0.3 is 0 Å². The lowest BCUT2D eigenvalue weighted by atomic mass is 10.1. The molecule has 1 heterocycles. The van der Waals surface area contributed by atoms with E-state index in [-0.39, 0.29) is 0 Å². The van der Waals surface area contributed by atoms with Gasteiger partial charge in [-0.2, -0.15) is 0 Å². The monoisotopic (exact) mass is 340 g/mol. The van der Waals surface area contributed by atoms with Crippen LogP contribution in [0.4, 0.5) is 0 Å². The summed E-state index contributed by atoms with van der Waals surface area (Å²) in [6.45, 7) is 4.21. The Morgan fingerprint density at radius 3 is 2.84 bits per heavy atom. The topological polar surface area (TPSA) is 63.8 Å². The molecular weight excluding hydrogens is 328 g/mol. The van der Waals surface area contributed by atoms with Crippen LogP contribution in [0.1, 0.15) is 11.7 Å². The van der Waals surface area contributed by atoms with Gasteiger partial charge in [0.2, 0.25) is 5.16 Å². The van der Waals surface area contributed by atoms with Crippen LogP contribution >= 0.6 is 27.7 Å². The SMILES string of the molecule is C=CCn1nnnc1SCC(O)c1ccc(Br)cc1. The molecule has 0 aliphatic heterocycles. The van der Waals surface area contributed by atoms with Gasteiger partial charge in [-0.3, -0.25) is 0 Å². The molecule has 1 atom stereocenters. The lowest BCUT2D eigenvalue weighted by Crippen LogP contribution is -2.04. The predicted octanol–water partition coefficient (Wildman–Crippen LogP) is 2.45. The quantitative estimate of drug-likeness (QED) is 0.646. The molecule has 1 unspecified atom stereocenters. The highest BCUT2D eigenvalue weighted by molar-refractivity contribution is 9.10. The highest BCUT2D eigenvalue weighted by Crippen LogP contribution is 2.23. The van der Waals surface area contributed by atoms with E-state index in [1.165, 1.54) is 11.8 Å². The van der Waals surface area contributed by atoms with E-state index in [1.807, 2.05) is 24.3 Å². The Bertz CT molecular complexity index is 543. The number of nitrogens with zero attached hydrogens (tertiary/aromatic N) is 4. The van der Waals surface area contributed by atoms with E-state index in [9.17, 15) is 5.11 Å². The van der Waals surface area contributed by atoms with Gasteiger partial charge in [0.05, 0.1) is 12.6 Å². The van der Waals surface area contributed by atoms with Crippen molar-refractivity contribution in [3.05, 3.63) is 47.0 Å². The third kappa shape index (κ3) is 3.89. The number of aromatic nitrogens is 4. The predicted molar refractivity (Wildman–Crippen MR) is 77.8 cm³/mol. The van der Waals surface area contributed by atoms with Crippen molar-refractivity contribution in [3.8, 4) is 0 Å². The fraction of sp³-hybridized carbons (Fsp3) is 0.250. The number of rotatable bonds is 6. The number of hydrogen-bond acceptors (Lipinski definition) is 5. The first-order valence-corrected chi connectivity index (χ1v) is 7.42.